The topological polar surface area (TPSA) is 74.6 Å². The molecule has 0 bridgehead atoms. The van der Waals surface area contributed by atoms with Crippen LogP contribution in [0.15, 0.2) is 52.8 Å². The lowest BCUT2D eigenvalue weighted by Gasteiger charge is -2.42. The lowest BCUT2D eigenvalue weighted by Crippen LogP contribution is -2.56. The summed E-state index contributed by atoms with van der Waals surface area (Å²) in [6.45, 7) is 11.2. The number of hydrogen-bond acceptors (Lipinski definition) is 9. The van der Waals surface area contributed by atoms with E-state index in [0.29, 0.717) is 24.2 Å². The van der Waals surface area contributed by atoms with E-state index in [1.54, 1.807) is 12.3 Å². The van der Waals surface area contributed by atoms with Crippen LogP contribution in [0.2, 0.25) is 0 Å². The predicted molar refractivity (Wildman–Crippen MR) is 142 cm³/mol. The van der Waals surface area contributed by atoms with Gasteiger partial charge in [0.25, 0.3) is 6.43 Å². The van der Waals surface area contributed by atoms with Gasteiger partial charge in [-0.1, -0.05) is 24.9 Å². The number of benzene rings is 1. The number of rotatable bonds is 14. The number of hydrogen-bond donors (Lipinski definition) is 2. The van der Waals surface area contributed by atoms with Gasteiger partial charge in [-0.2, -0.15) is 5.10 Å². The van der Waals surface area contributed by atoms with E-state index in [9.17, 15) is 8.78 Å². The van der Waals surface area contributed by atoms with E-state index in [4.69, 9.17) is 9.47 Å². The molecule has 3 rings (SSSR count). The Labute approximate surface area is 216 Å². The molecule has 0 radical (unpaired) electrons. The van der Waals surface area contributed by atoms with Gasteiger partial charge < -0.3 is 14.4 Å². The van der Waals surface area contributed by atoms with E-state index in [2.05, 4.69) is 81.3 Å². The molecule has 1 aromatic carbocycles. The van der Waals surface area contributed by atoms with Crippen molar-refractivity contribution in [3.63, 3.8) is 0 Å². The minimum absolute atomic E-state index is 0.0370. The van der Waals surface area contributed by atoms with E-state index in [-0.39, 0.29) is 5.90 Å². The number of alkyl halides is 2. The summed E-state index contributed by atoms with van der Waals surface area (Å²) < 4.78 is 38.7. The highest BCUT2D eigenvalue weighted by molar-refractivity contribution is 7.78. The van der Waals surface area contributed by atoms with Gasteiger partial charge in [0.05, 0.1) is 37.1 Å². The maximum Gasteiger partial charge on any atom is 0.272 e. The highest BCUT2D eigenvalue weighted by atomic mass is 32.1. The summed E-state index contributed by atoms with van der Waals surface area (Å²) in [5.41, 5.74) is 3.55. The fraction of sp³-hybridized carbons (Fsp3) is 0.480. The smallest absolute Gasteiger partial charge is 0.272 e. The Morgan fingerprint density at radius 3 is 2.69 bits per heavy atom. The lowest BCUT2D eigenvalue weighted by molar-refractivity contribution is -0.0753. The van der Waals surface area contributed by atoms with E-state index in [1.807, 2.05) is 12.1 Å². The molecule has 0 amide bonds. The number of thiol groups is 1. The van der Waals surface area contributed by atoms with E-state index < -0.39 is 13.0 Å². The molecule has 1 unspecified atom stereocenters. The largest absolute Gasteiger partial charge is 0.470 e. The molecule has 8 nitrogen and oxygen atoms in total. The van der Waals surface area contributed by atoms with Crippen LogP contribution in [0.4, 0.5) is 14.5 Å². The second-order valence-corrected chi connectivity index (χ2v) is 9.00. The molecule has 36 heavy (non-hydrogen) atoms. The van der Waals surface area contributed by atoms with Crippen LogP contribution >= 0.6 is 12.8 Å². The third-order valence-electron chi connectivity index (χ3n) is 5.97. The first-order chi connectivity index (χ1) is 17.4. The van der Waals surface area contributed by atoms with Crippen molar-refractivity contribution >= 4 is 31.1 Å². The molecule has 1 aliphatic heterocycles. The fourth-order valence-corrected chi connectivity index (χ4v) is 4.27. The van der Waals surface area contributed by atoms with Crippen LogP contribution in [0.5, 0.6) is 0 Å². The van der Waals surface area contributed by atoms with E-state index >= 15 is 0 Å². The predicted octanol–water partition coefficient (Wildman–Crippen LogP) is 3.56. The fourth-order valence-electron chi connectivity index (χ4n) is 4.00. The molecule has 1 N–H and O–H groups in total. The third kappa shape index (κ3) is 8.22. The Balaban J connectivity index is 1.76. The van der Waals surface area contributed by atoms with Gasteiger partial charge in [0, 0.05) is 44.3 Å². The zero-order chi connectivity index (χ0) is 25.9. The van der Waals surface area contributed by atoms with Crippen molar-refractivity contribution < 1.29 is 18.3 Å². The average Bonchev–Trinajstić information content (AvgIpc) is 2.82. The monoisotopic (exact) mass is 520 g/mol. The lowest BCUT2D eigenvalue weighted by atomic mass is 10.1. The van der Waals surface area contributed by atoms with Gasteiger partial charge in [0.1, 0.15) is 0 Å². The maximum atomic E-state index is 12.6. The van der Waals surface area contributed by atoms with E-state index in [1.165, 1.54) is 5.56 Å². The SMILES string of the molecule is C=N/N=C(\OCC(F)F)c1ccc(CN(CCN(C(C)CNS)C2COC2)c2cccc(C)c2)nc1. The number of aromatic nitrogens is 1. The number of halogens is 2. The summed E-state index contributed by atoms with van der Waals surface area (Å²) in [5.74, 6) is -0.0370. The highest BCUT2D eigenvalue weighted by Gasteiger charge is 2.29. The summed E-state index contributed by atoms with van der Waals surface area (Å²) in [7, 11) is 0. The number of pyridine rings is 1. The van der Waals surface area contributed by atoms with Gasteiger partial charge in [0.15, 0.2) is 6.61 Å². The summed E-state index contributed by atoms with van der Waals surface area (Å²) in [4.78, 5) is 9.29. The van der Waals surface area contributed by atoms with Crippen molar-refractivity contribution in [2.24, 2.45) is 10.2 Å². The zero-order valence-corrected chi connectivity index (χ0v) is 21.6. The van der Waals surface area contributed by atoms with Crippen LogP contribution in [0.3, 0.4) is 0 Å². The molecule has 1 aliphatic rings. The Morgan fingerprint density at radius 1 is 1.31 bits per heavy atom. The molecular weight excluding hydrogens is 486 g/mol. The van der Waals surface area contributed by atoms with Crippen molar-refractivity contribution in [2.75, 3.05) is 44.4 Å². The van der Waals surface area contributed by atoms with Gasteiger partial charge in [-0.15, -0.1) is 5.10 Å². The Bertz CT molecular complexity index is 991. The van der Waals surface area contributed by atoms with Gasteiger partial charge in [-0.3, -0.25) is 14.6 Å². The summed E-state index contributed by atoms with van der Waals surface area (Å²) in [6, 6.07) is 12.6. The molecule has 1 saturated heterocycles. The van der Waals surface area contributed by atoms with Crippen LogP contribution in [-0.2, 0) is 16.0 Å². The zero-order valence-electron chi connectivity index (χ0n) is 20.7. The van der Waals surface area contributed by atoms with Gasteiger partial charge in [-0.25, -0.2) is 8.78 Å². The Morgan fingerprint density at radius 2 is 2.11 bits per heavy atom. The van der Waals surface area contributed by atoms with Crippen LogP contribution in [-0.4, -0.2) is 80.5 Å². The molecule has 1 fully saturated rings. The Kier molecular flexibility index (Phi) is 11.1. The summed E-state index contributed by atoms with van der Waals surface area (Å²) in [6.07, 6.45) is -1.06. The van der Waals surface area contributed by atoms with Gasteiger partial charge in [0.2, 0.25) is 5.90 Å². The minimum Gasteiger partial charge on any atom is -0.470 e. The summed E-state index contributed by atoms with van der Waals surface area (Å²) in [5, 5.41) is 7.14. The van der Waals surface area contributed by atoms with Crippen LogP contribution in [0, 0.1) is 6.92 Å². The standard InChI is InChI=1S/C25H34F2N6O2S/c1-18-5-4-6-22(11-18)32(9-10-33(19(2)12-30-36)23-15-34-16-23)14-21-8-7-20(13-29-21)25(31-28-3)35-17-24(26)27/h4-8,11,13,19,23-24,30,36H,3,9-10,12,14-17H2,1-2H3/b31-25-. The average molecular weight is 521 g/mol. The molecule has 11 heteroatoms. The maximum absolute atomic E-state index is 12.6. The molecule has 196 valence electrons. The Hall–Kier alpha value is -2.60. The second-order valence-electron chi connectivity index (χ2n) is 8.69. The molecule has 2 heterocycles. The summed E-state index contributed by atoms with van der Waals surface area (Å²) >= 11 is 4.18. The molecular formula is C25H34F2N6O2S. The highest BCUT2D eigenvalue weighted by Crippen LogP contribution is 2.20. The number of aryl methyl sites for hydroxylation is 1. The van der Waals surface area contributed by atoms with Gasteiger partial charge >= 0.3 is 0 Å². The molecule has 2 aromatic rings. The van der Waals surface area contributed by atoms with Gasteiger partial charge in [-0.05, 0) is 43.7 Å². The molecule has 1 aromatic heterocycles. The second kappa shape index (κ2) is 14.2. The first-order valence-electron chi connectivity index (χ1n) is 11.8. The van der Waals surface area contributed by atoms with Crippen molar-refractivity contribution in [2.45, 2.75) is 38.9 Å². The van der Waals surface area contributed by atoms with Crippen molar-refractivity contribution in [1.82, 2.24) is 14.6 Å². The van der Waals surface area contributed by atoms with Crippen LogP contribution < -0.4 is 9.62 Å². The minimum atomic E-state index is -2.62. The van der Waals surface area contributed by atoms with Crippen LogP contribution in [0.25, 0.3) is 0 Å². The number of ether oxygens (including phenoxy) is 2. The van der Waals surface area contributed by atoms with Crippen LogP contribution in [0.1, 0.15) is 23.7 Å². The van der Waals surface area contributed by atoms with Crippen molar-refractivity contribution in [3.05, 3.63) is 59.4 Å². The quantitative estimate of drug-likeness (QED) is 0.172. The first-order valence-corrected chi connectivity index (χ1v) is 12.3. The number of nitrogens with zero attached hydrogens (tertiary/aromatic N) is 5. The molecule has 0 aliphatic carbocycles. The molecule has 1 atom stereocenters. The van der Waals surface area contributed by atoms with E-state index in [0.717, 1.165) is 44.2 Å². The van der Waals surface area contributed by atoms with Crippen molar-refractivity contribution in [3.8, 4) is 0 Å². The number of anilines is 1. The molecule has 0 spiro atoms. The normalized spacial score (nSPS) is 15.1. The number of nitrogens with one attached hydrogen (secondary N) is 1. The first kappa shape index (κ1) is 28.0. The molecule has 0 saturated carbocycles. The third-order valence-corrected chi connectivity index (χ3v) is 6.15. The van der Waals surface area contributed by atoms with Crippen molar-refractivity contribution in [1.29, 1.82) is 0 Å².